The largest absolute Gasteiger partial charge is 0.351 e. The smallest absolute Gasteiger partial charge is 0.268 e. The van der Waals surface area contributed by atoms with Gasteiger partial charge in [-0.2, -0.15) is 0 Å². The van der Waals surface area contributed by atoms with E-state index >= 15 is 0 Å². The quantitative estimate of drug-likeness (QED) is 0.624. The van der Waals surface area contributed by atoms with Crippen molar-refractivity contribution in [3.05, 3.63) is 52.1 Å². The Labute approximate surface area is 157 Å². The van der Waals surface area contributed by atoms with Crippen molar-refractivity contribution in [3.8, 4) is 0 Å². The molecule has 0 unspecified atom stereocenters. The van der Waals surface area contributed by atoms with E-state index in [1.807, 2.05) is 41.4 Å². The van der Waals surface area contributed by atoms with Crippen molar-refractivity contribution in [3.63, 3.8) is 0 Å². The standard InChI is InChI=1S/C19H24N4O2S/c1-22-9-4-6-15(22)14-16(21-19(25)17-7-5-13-26-17)18(24)20-8-12-23-10-2-3-11-23/h4-7,9,13-14H,2-3,8,10-12H2,1H3,(H,20,24)(H,21,25)/p+1/b16-14+. The van der Waals surface area contributed by atoms with Crippen molar-refractivity contribution >= 4 is 29.2 Å². The van der Waals surface area contributed by atoms with Crippen LogP contribution in [0, 0.1) is 0 Å². The van der Waals surface area contributed by atoms with Crippen LogP contribution < -0.4 is 15.5 Å². The van der Waals surface area contributed by atoms with Gasteiger partial charge >= 0.3 is 0 Å². The number of quaternary nitrogens is 1. The van der Waals surface area contributed by atoms with E-state index in [0.29, 0.717) is 11.4 Å². The maximum atomic E-state index is 12.7. The molecule has 138 valence electrons. The Balaban J connectivity index is 1.67. The van der Waals surface area contributed by atoms with Crippen LogP contribution in [0.4, 0.5) is 0 Å². The first-order chi connectivity index (χ1) is 12.6. The van der Waals surface area contributed by atoms with Crippen LogP contribution in [-0.2, 0) is 11.8 Å². The zero-order valence-corrected chi connectivity index (χ0v) is 15.8. The van der Waals surface area contributed by atoms with E-state index in [2.05, 4.69) is 10.6 Å². The fourth-order valence-electron chi connectivity index (χ4n) is 3.10. The lowest BCUT2D eigenvalue weighted by molar-refractivity contribution is -0.886. The van der Waals surface area contributed by atoms with Gasteiger partial charge in [0.15, 0.2) is 0 Å². The average molecular weight is 374 g/mol. The number of hydrogen-bond acceptors (Lipinski definition) is 3. The minimum absolute atomic E-state index is 0.255. The number of aromatic nitrogens is 1. The Morgan fingerprint density at radius 3 is 2.73 bits per heavy atom. The van der Waals surface area contributed by atoms with Crippen molar-refractivity contribution in [2.45, 2.75) is 12.8 Å². The Kier molecular flexibility index (Phi) is 6.25. The predicted octanol–water partition coefficient (Wildman–Crippen LogP) is 0.652. The second-order valence-electron chi connectivity index (χ2n) is 6.50. The van der Waals surface area contributed by atoms with E-state index in [0.717, 1.165) is 12.2 Å². The number of likely N-dealkylation sites (tertiary alicyclic amines) is 1. The number of carbonyl (C=O) groups excluding carboxylic acids is 2. The van der Waals surface area contributed by atoms with Gasteiger partial charge in [0.05, 0.1) is 31.1 Å². The molecule has 3 heterocycles. The Morgan fingerprint density at radius 2 is 2.08 bits per heavy atom. The molecular weight excluding hydrogens is 348 g/mol. The normalized spacial score (nSPS) is 15.2. The molecule has 0 radical (unpaired) electrons. The third-order valence-corrected chi connectivity index (χ3v) is 5.46. The highest BCUT2D eigenvalue weighted by molar-refractivity contribution is 7.12. The fourth-order valence-corrected chi connectivity index (χ4v) is 3.71. The third-order valence-electron chi connectivity index (χ3n) is 4.59. The van der Waals surface area contributed by atoms with Crippen LogP contribution >= 0.6 is 11.3 Å². The molecule has 1 aliphatic rings. The minimum Gasteiger partial charge on any atom is -0.351 e. The summed E-state index contributed by atoms with van der Waals surface area (Å²) in [6.45, 7) is 3.88. The first-order valence-corrected chi connectivity index (χ1v) is 9.81. The molecule has 2 aromatic heterocycles. The van der Waals surface area contributed by atoms with Crippen LogP contribution in [0.25, 0.3) is 6.08 Å². The molecule has 26 heavy (non-hydrogen) atoms. The number of hydrogen-bond donors (Lipinski definition) is 3. The molecule has 1 aliphatic heterocycles. The second-order valence-corrected chi connectivity index (χ2v) is 7.44. The van der Waals surface area contributed by atoms with Crippen LogP contribution in [0.2, 0.25) is 0 Å². The zero-order chi connectivity index (χ0) is 18.4. The average Bonchev–Trinajstić information content (AvgIpc) is 3.37. The van der Waals surface area contributed by atoms with Crippen molar-refractivity contribution in [1.82, 2.24) is 15.2 Å². The molecule has 2 amide bonds. The van der Waals surface area contributed by atoms with Crippen LogP contribution in [-0.4, -0.2) is 42.6 Å². The lowest BCUT2D eigenvalue weighted by Gasteiger charge is -2.14. The molecule has 2 aromatic rings. The van der Waals surface area contributed by atoms with Crippen molar-refractivity contribution in [2.24, 2.45) is 7.05 Å². The van der Waals surface area contributed by atoms with Crippen LogP contribution in [0.5, 0.6) is 0 Å². The molecule has 0 spiro atoms. The number of carbonyl (C=O) groups is 2. The Morgan fingerprint density at radius 1 is 1.27 bits per heavy atom. The van der Waals surface area contributed by atoms with E-state index in [9.17, 15) is 9.59 Å². The van der Waals surface area contributed by atoms with E-state index in [-0.39, 0.29) is 17.5 Å². The summed E-state index contributed by atoms with van der Waals surface area (Å²) in [5, 5.41) is 7.55. The molecule has 0 aromatic carbocycles. The summed E-state index contributed by atoms with van der Waals surface area (Å²) in [5.74, 6) is -0.518. The van der Waals surface area contributed by atoms with E-state index in [4.69, 9.17) is 0 Å². The van der Waals surface area contributed by atoms with Gasteiger partial charge in [-0.1, -0.05) is 6.07 Å². The number of nitrogens with one attached hydrogen (secondary N) is 3. The fraction of sp³-hybridized carbons (Fsp3) is 0.368. The SMILES string of the molecule is Cn1cccc1/C=C(/NC(=O)c1cccs1)C(=O)NCC[NH+]1CCCC1. The highest BCUT2D eigenvalue weighted by Gasteiger charge is 2.18. The second kappa shape index (κ2) is 8.82. The van der Waals surface area contributed by atoms with Gasteiger partial charge in [-0.15, -0.1) is 11.3 Å². The number of aryl methyl sites for hydroxylation is 1. The summed E-state index contributed by atoms with van der Waals surface area (Å²) in [4.78, 5) is 27.1. The maximum Gasteiger partial charge on any atom is 0.268 e. The van der Waals surface area contributed by atoms with E-state index in [1.54, 1.807) is 12.1 Å². The summed E-state index contributed by atoms with van der Waals surface area (Å²) < 4.78 is 1.90. The van der Waals surface area contributed by atoms with Gasteiger partial charge in [0.2, 0.25) is 0 Å². The number of nitrogens with zero attached hydrogens (tertiary/aromatic N) is 1. The lowest BCUT2D eigenvalue weighted by atomic mass is 10.3. The molecule has 0 atom stereocenters. The van der Waals surface area contributed by atoms with E-state index in [1.165, 1.54) is 42.2 Å². The summed E-state index contributed by atoms with van der Waals surface area (Å²) in [6, 6.07) is 7.37. The summed E-state index contributed by atoms with van der Waals surface area (Å²) in [5.41, 5.74) is 1.12. The molecule has 3 N–H and O–H groups in total. The maximum absolute atomic E-state index is 12.7. The van der Waals surface area contributed by atoms with Gasteiger partial charge in [0.1, 0.15) is 5.70 Å². The third kappa shape index (κ3) is 4.83. The number of amides is 2. The zero-order valence-electron chi connectivity index (χ0n) is 15.0. The molecule has 1 fully saturated rings. The number of rotatable bonds is 7. The van der Waals surface area contributed by atoms with Gasteiger partial charge in [0.25, 0.3) is 11.8 Å². The highest BCUT2D eigenvalue weighted by atomic mass is 32.1. The molecule has 0 bridgehead atoms. The van der Waals surface area contributed by atoms with Crippen molar-refractivity contribution in [2.75, 3.05) is 26.2 Å². The van der Waals surface area contributed by atoms with Crippen LogP contribution in [0.3, 0.4) is 0 Å². The molecular formula is C19H25N4O2S+. The molecule has 6 nitrogen and oxygen atoms in total. The van der Waals surface area contributed by atoms with Crippen molar-refractivity contribution < 1.29 is 14.5 Å². The lowest BCUT2D eigenvalue weighted by Crippen LogP contribution is -3.10. The molecule has 1 saturated heterocycles. The summed E-state index contributed by atoms with van der Waals surface area (Å²) in [7, 11) is 1.90. The molecule has 0 aliphatic carbocycles. The summed E-state index contributed by atoms with van der Waals surface area (Å²) in [6.07, 6.45) is 6.14. The monoisotopic (exact) mass is 373 g/mol. The van der Waals surface area contributed by atoms with Crippen molar-refractivity contribution in [1.29, 1.82) is 0 Å². The van der Waals surface area contributed by atoms with Gasteiger partial charge in [-0.25, -0.2) is 0 Å². The first-order valence-electron chi connectivity index (χ1n) is 8.93. The van der Waals surface area contributed by atoms with Crippen LogP contribution in [0.15, 0.2) is 41.5 Å². The van der Waals surface area contributed by atoms with Gasteiger partial charge in [0, 0.05) is 31.8 Å². The van der Waals surface area contributed by atoms with E-state index < -0.39 is 0 Å². The summed E-state index contributed by atoms with van der Waals surface area (Å²) >= 11 is 1.35. The van der Waals surface area contributed by atoms with Gasteiger partial charge in [-0.3, -0.25) is 9.59 Å². The topological polar surface area (TPSA) is 67.6 Å². The van der Waals surface area contributed by atoms with Gasteiger partial charge in [-0.05, 0) is 29.7 Å². The first kappa shape index (κ1) is 18.4. The molecule has 0 saturated carbocycles. The highest BCUT2D eigenvalue weighted by Crippen LogP contribution is 2.11. The Hall–Kier alpha value is -2.38. The predicted molar refractivity (Wildman–Crippen MR) is 103 cm³/mol. The number of thiophene rings is 1. The van der Waals surface area contributed by atoms with Gasteiger partial charge < -0.3 is 20.1 Å². The minimum atomic E-state index is -0.263. The van der Waals surface area contributed by atoms with Crippen LogP contribution in [0.1, 0.15) is 28.2 Å². The molecule has 7 heteroatoms. The molecule has 3 rings (SSSR count). The Bertz CT molecular complexity index is 773.